The summed E-state index contributed by atoms with van der Waals surface area (Å²) in [5.74, 6) is -3.03. The Morgan fingerprint density at radius 1 is 1.04 bits per heavy atom. The summed E-state index contributed by atoms with van der Waals surface area (Å²) in [5.41, 5.74) is 10.2. The zero-order valence-corrected chi connectivity index (χ0v) is 17.3. The van der Waals surface area contributed by atoms with Gasteiger partial charge in [0.05, 0.1) is 18.2 Å². The van der Waals surface area contributed by atoms with E-state index in [1.807, 2.05) is 13.8 Å². The SMILES string of the molecule is CC(C)C[C@H](NC(=O)[C@@H](N)CCC(N)=O)C(=O)N[C@@H](COC(C)(C)C)C(=O)O. The molecule has 0 aromatic rings. The van der Waals surface area contributed by atoms with Crippen LogP contribution in [0.2, 0.25) is 0 Å². The molecule has 10 heteroatoms. The molecule has 0 heterocycles. The third-order valence-corrected chi connectivity index (χ3v) is 3.68. The zero-order chi connectivity index (χ0) is 22.1. The Labute approximate surface area is 165 Å². The number of ether oxygens (including phenoxy) is 1. The molecule has 0 spiro atoms. The first-order valence-corrected chi connectivity index (χ1v) is 9.24. The largest absolute Gasteiger partial charge is 0.480 e. The van der Waals surface area contributed by atoms with Crippen LogP contribution in [0.3, 0.4) is 0 Å². The lowest BCUT2D eigenvalue weighted by Crippen LogP contribution is -2.56. The predicted molar refractivity (Wildman–Crippen MR) is 103 cm³/mol. The second kappa shape index (κ2) is 11.6. The third kappa shape index (κ3) is 11.5. The van der Waals surface area contributed by atoms with Gasteiger partial charge in [-0.1, -0.05) is 13.8 Å². The quantitative estimate of drug-likeness (QED) is 0.292. The van der Waals surface area contributed by atoms with E-state index in [9.17, 15) is 24.3 Å². The Morgan fingerprint density at radius 3 is 2.00 bits per heavy atom. The van der Waals surface area contributed by atoms with Crippen molar-refractivity contribution in [2.24, 2.45) is 17.4 Å². The van der Waals surface area contributed by atoms with Gasteiger partial charge in [0.1, 0.15) is 6.04 Å². The zero-order valence-electron chi connectivity index (χ0n) is 17.3. The van der Waals surface area contributed by atoms with Crippen molar-refractivity contribution in [1.29, 1.82) is 0 Å². The van der Waals surface area contributed by atoms with Crippen molar-refractivity contribution in [3.05, 3.63) is 0 Å². The molecule has 0 aromatic carbocycles. The predicted octanol–water partition coefficient (Wildman–Crippen LogP) is -0.505. The van der Waals surface area contributed by atoms with E-state index in [1.165, 1.54) is 0 Å². The van der Waals surface area contributed by atoms with Gasteiger partial charge < -0.3 is 31.9 Å². The molecule has 0 saturated carbocycles. The average molecular weight is 402 g/mol. The molecule has 0 aromatic heterocycles. The number of rotatable bonds is 12. The first kappa shape index (κ1) is 25.8. The van der Waals surface area contributed by atoms with E-state index in [0.29, 0.717) is 0 Å². The van der Waals surface area contributed by atoms with E-state index in [4.69, 9.17) is 16.2 Å². The third-order valence-electron chi connectivity index (χ3n) is 3.68. The summed E-state index contributed by atoms with van der Waals surface area (Å²) in [5, 5.41) is 14.3. The van der Waals surface area contributed by atoms with Crippen LogP contribution in [0.25, 0.3) is 0 Å². The lowest BCUT2D eigenvalue weighted by Gasteiger charge is -2.26. The normalized spacial score (nSPS) is 14.8. The summed E-state index contributed by atoms with van der Waals surface area (Å²) in [7, 11) is 0. The van der Waals surface area contributed by atoms with Crippen LogP contribution in [0.1, 0.15) is 53.9 Å². The fraction of sp³-hybridized carbons (Fsp3) is 0.778. The molecule has 0 fully saturated rings. The first-order valence-electron chi connectivity index (χ1n) is 9.24. The van der Waals surface area contributed by atoms with Gasteiger partial charge in [-0.2, -0.15) is 0 Å². The Morgan fingerprint density at radius 2 is 1.57 bits per heavy atom. The Balaban J connectivity index is 5.05. The monoisotopic (exact) mass is 402 g/mol. The fourth-order valence-corrected chi connectivity index (χ4v) is 2.19. The van der Waals surface area contributed by atoms with E-state index in [-0.39, 0.29) is 31.8 Å². The highest BCUT2D eigenvalue weighted by Gasteiger charge is 2.29. The number of nitrogens with two attached hydrogens (primary N) is 2. The molecular weight excluding hydrogens is 368 g/mol. The molecule has 0 radical (unpaired) electrons. The Kier molecular flexibility index (Phi) is 10.7. The number of amides is 3. The maximum absolute atomic E-state index is 12.6. The number of carboxylic acids is 1. The van der Waals surface area contributed by atoms with Crippen LogP contribution in [-0.4, -0.2) is 59.1 Å². The Bertz CT molecular complexity index is 559. The fourth-order valence-electron chi connectivity index (χ4n) is 2.19. The van der Waals surface area contributed by atoms with Gasteiger partial charge in [0.2, 0.25) is 17.7 Å². The summed E-state index contributed by atoms with van der Waals surface area (Å²) >= 11 is 0. The average Bonchev–Trinajstić information content (AvgIpc) is 2.53. The van der Waals surface area contributed by atoms with Crippen LogP contribution in [-0.2, 0) is 23.9 Å². The number of primary amides is 1. The van der Waals surface area contributed by atoms with Crippen molar-refractivity contribution < 1.29 is 29.0 Å². The minimum atomic E-state index is -1.26. The van der Waals surface area contributed by atoms with E-state index >= 15 is 0 Å². The molecule has 3 atom stereocenters. The topological polar surface area (TPSA) is 174 Å². The molecule has 0 unspecified atom stereocenters. The highest BCUT2D eigenvalue weighted by atomic mass is 16.5. The summed E-state index contributed by atoms with van der Waals surface area (Å²) < 4.78 is 5.44. The number of nitrogens with one attached hydrogen (secondary N) is 2. The van der Waals surface area contributed by atoms with Crippen molar-refractivity contribution in [2.45, 2.75) is 77.6 Å². The van der Waals surface area contributed by atoms with Crippen LogP contribution in [0.5, 0.6) is 0 Å². The van der Waals surface area contributed by atoms with Crippen LogP contribution < -0.4 is 22.1 Å². The van der Waals surface area contributed by atoms with E-state index in [0.717, 1.165) is 0 Å². The van der Waals surface area contributed by atoms with Crippen molar-refractivity contribution in [1.82, 2.24) is 10.6 Å². The Hall–Kier alpha value is -2.20. The number of hydrogen-bond donors (Lipinski definition) is 5. The van der Waals surface area contributed by atoms with E-state index < -0.39 is 47.4 Å². The van der Waals surface area contributed by atoms with Crippen molar-refractivity contribution >= 4 is 23.7 Å². The maximum atomic E-state index is 12.6. The molecule has 7 N–H and O–H groups in total. The molecule has 10 nitrogen and oxygen atoms in total. The minimum absolute atomic E-state index is 0.0481. The van der Waals surface area contributed by atoms with Crippen LogP contribution in [0.15, 0.2) is 0 Å². The second-order valence-corrected chi connectivity index (χ2v) is 8.12. The highest BCUT2D eigenvalue weighted by molar-refractivity contribution is 5.92. The van der Waals surface area contributed by atoms with Gasteiger partial charge in [-0.25, -0.2) is 4.79 Å². The van der Waals surface area contributed by atoms with Crippen LogP contribution in [0, 0.1) is 5.92 Å². The number of hydrogen-bond acceptors (Lipinski definition) is 6. The van der Waals surface area contributed by atoms with Crippen LogP contribution in [0.4, 0.5) is 0 Å². The first-order chi connectivity index (χ1) is 12.7. The molecule has 0 aliphatic heterocycles. The van der Waals surface area contributed by atoms with Gasteiger partial charge in [0, 0.05) is 6.42 Å². The lowest BCUT2D eigenvalue weighted by molar-refractivity contribution is -0.145. The van der Waals surface area contributed by atoms with Crippen molar-refractivity contribution in [3.63, 3.8) is 0 Å². The smallest absolute Gasteiger partial charge is 0.328 e. The van der Waals surface area contributed by atoms with Gasteiger partial charge >= 0.3 is 5.97 Å². The molecule has 162 valence electrons. The molecule has 0 aliphatic carbocycles. The van der Waals surface area contributed by atoms with Crippen LogP contribution >= 0.6 is 0 Å². The molecular formula is C18H34N4O6. The number of aliphatic carboxylic acids is 1. The number of carboxylic acid groups (broad SMARTS) is 1. The standard InChI is InChI=1S/C18H34N4O6/c1-10(2)8-12(21-15(24)11(19)6-7-14(20)23)16(25)22-13(17(26)27)9-28-18(3,4)5/h10-13H,6-9,19H2,1-5H3,(H2,20,23)(H,21,24)(H,22,25)(H,26,27)/t11-,12-,13-/m0/s1. The summed E-state index contributed by atoms with van der Waals surface area (Å²) in [6, 6.07) is -3.24. The van der Waals surface area contributed by atoms with Crippen molar-refractivity contribution in [2.75, 3.05) is 6.61 Å². The van der Waals surface area contributed by atoms with Gasteiger partial charge in [-0.3, -0.25) is 14.4 Å². The maximum Gasteiger partial charge on any atom is 0.328 e. The molecule has 0 saturated heterocycles. The highest BCUT2D eigenvalue weighted by Crippen LogP contribution is 2.09. The summed E-state index contributed by atoms with van der Waals surface area (Å²) in [6.07, 6.45) is 0.280. The minimum Gasteiger partial charge on any atom is -0.480 e. The lowest BCUT2D eigenvalue weighted by atomic mass is 10.0. The summed E-state index contributed by atoms with van der Waals surface area (Å²) in [6.45, 7) is 8.80. The van der Waals surface area contributed by atoms with E-state index in [1.54, 1.807) is 20.8 Å². The van der Waals surface area contributed by atoms with Gasteiger partial charge in [0.25, 0.3) is 0 Å². The van der Waals surface area contributed by atoms with Gasteiger partial charge in [0.15, 0.2) is 6.04 Å². The molecule has 28 heavy (non-hydrogen) atoms. The molecule has 3 amide bonds. The molecule has 0 rings (SSSR count). The van der Waals surface area contributed by atoms with Gasteiger partial charge in [-0.15, -0.1) is 0 Å². The van der Waals surface area contributed by atoms with Gasteiger partial charge in [-0.05, 0) is 39.5 Å². The summed E-state index contributed by atoms with van der Waals surface area (Å²) in [4.78, 5) is 47.1. The molecule has 0 aliphatic rings. The number of carbonyl (C=O) groups excluding carboxylic acids is 3. The van der Waals surface area contributed by atoms with E-state index in [2.05, 4.69) is 10.6 Å². The molecule has 0 bridgehead atoms. The van der Waals surface area contributed by atoms with Crippen molar-refractivity contribution in [3.8, 4) is 0 Å². The second-order valence-electron chi connectivity index (χ2n) is 8.12. The number of carbonyl (C=O) groups is 4.